The molecule has 1 N–H and O–H groups in total. The lowest BCUT2D eigenvalue weighted by Crippen LogP contribution is -2.52. The minimum atomic E-state index is -0.351. The van der Waals surface area contributed by atoms with E-state index >= 15 is 0 Å². The summed E-state index contributed by atoms with van der Waals surface area (Å²) in [5, 5.41) is 10.0. The molecule has 3 fully saturated rings. The summed E-state index contributed by atoms with van der Waals surface area (Å²) in [6.45, 7) is 12.3. The summed E-state index contributed by atoms with van der Waals surface area (Å²) in [6.07, 6.45) is 8.27. The summed E-state index contributed by atoms with van der Waals surface area (Å²) in [4.78, 5) is 38.5. The number of carbonyl (C=O) groups is 3. The third kappa shape index (κ3) is 5.29. The standard InChI is InChI=1S/C29H48O5/c1-18(2)7-12-26(32)19(3)24-10-11-25(29(24,6)15-16-30)23-9-8-21-17-22(34-20(4)31)13-14-28(21,5)27(23)33/h18-19,21-25,30H,7-17H2,1-6H3/t19-,21-,22-,23?,24+,25?,28-,29+/m0/s1. The Bertz CT molecular complexity index is 760. The van der Waals surface area contributed by atoms with E-state index in [4.69, 9.17) is 4.74 Å². The first-order valence-corrected chi connectivity index (χ1v) is 13.8. The molecule has 5 nitrogen and oxygen atoms in total. The monoisotopic (exact) mass is 476 g/mol. The molecule has 2 unspecified atom stereocenters. The third-order valence-corrected chi connectivity index (χ3v) is 10.2. The Morgan fingerprint density at radius 3 is 2.41 bits per heavy atom. The Labute approximate surface area is 206 Å². The molecule has 3 aliphatic carbocycles. The second kappa shape index (κ2) is 10.8. The Morgan fingerprint density at radius 1 is 1.09 bits per heavy atom. The number of hydrogen-bond donors (Lipinski definition) is 1. The maximum atomic E-state index is 14.0. The molecule has 3 saturated carbocycles. The topological polar surface area (TPSA) is 80.7 Å². The summed E-state index contributed by atoms with van der Waals surface area (Å²) in [6, 6.07) is 0. The minimum Gasteiger partial charge on any atom is -0.463 e. The van der Waals surface area contributed by atoms with Gasteiger partial charge in [0.1, 0.15) is 17.7 Å². The molecular weight excluding hydrogens is 428 g/mol. The zero-order chi connectivity index (χ0) is 25.3. The van der Waals surface area contributed by atoms with Crippen LogP contribution < -0.4 is 0 Å². The summed E-state index contributed by atoms with van der Waals surface area (Å²) in [5.41, 5.74) is -0.545. The molecule has 0 bridgehead atoms. The number of ketones is 2. The fourth-order valence-electron chi connectivity index (χ4n) is 8.05. The molecule has 3 rings (SSSR count). The first-order chi connectivity index (χ1) is 15.9. The third-order valence-electron chi connectivity index (χ3n) is 10.2. The average Bonchev–Trinajstić information content (AvgIpc) is 3.09. The Hall–Kier alpha value is -1.23. The maximum Gasteiger partial charge on any atom is 0.302 e. The van der Waals surface area contributed by atoms with Crippen molar-refractivity contribution in [3.63, 3.8) is 0 Å². The molecule has 194 valence electrons. The largest absolute Gasteiger partial charge is 0.463 e. The van der Waals surface area contributed by atoms with Gasteiger partial charge in [0.15, 0.2) is 0 Å². The highest BCUT2D eigenvalue weighted by Gasteiger charge is 2.58. The van der Waals surface area contributed by atoms with Crippen LogP contribution in [0.25, 0.3) is 0 Å². The summed E-state index contributed by atoms with van der Waals surface area (Å²) < 4.78 is 5.50. The second-order valence-corrected chi connectivity index (χ2v) is 12.6. The molecule has 0 aromatic heterocycles. The number of hydrogen-bond acceptors (Lipinski definition) is 5. The molecule has 0 saturated heterocycles. The predicted molar refractivity (Wildman–Crippen MR) is 133 cm³/mol. The van der Waals surface area contributed by atoms with Crippen molar-refractivity contribution in [2.75, 3.05) is 6.61 Å². The highest BCUT2D eigenvalue weighted by molar-refractivity contribution is 5.88. The molecule has 8 atom stereocenters. The average molecular weight is 477 g/mol. The number of carbonyl (C=O) groups excluding carboxylic acids is 3. The van der Waals surface area contributed by atoms with Crippen molar-refractivity contribution in [3.8, 4) is 0 Å². The van der Waals surface area contributed by atoms with Gasteiger partial charge in [0.2, 0.25) is 0 Å². The molecule has 5 heteroatoms. The van der Waals surface area contributed by atoms with Gasteiger partial charge < -0.3 is 9.84 Å². The van der Waals surface area contributed by atoms with E-state index in [0.29, 0.717) is 30.3 Å². The lowest BCUT2D eigenvalue weighted by Gasteiger charge is -2.51. The van der Waals surface area contributed by atoms with Crippen molar-refractivity contribution < 1.29 is 24.2 Å². The fraction of sp³-hybridized carbons (Fsp3) is 0.897. The molecule has 34 heavy (non-hydrogen) atoms. The molecule has 0 aromatic rings. The van der Waals surface area contributed by atoms with Crippen LogP contribution in [0.2, 0.25) is 0 Å². The first-order valence-electron chi connectivity index (χ1n) is 13.8. The number of aliphatic hydroxyl groups excluding tert-OH is 1. The number of esters is 1. The molecule has 0 aliphatic heterocycles. The van der Waals surface area contributed by atoms with E-state index in [9.17, 15) is 19.5 Å². The Morgan fingerprint density at radius 2 is 1.79 bits per heavy atom. The number of Topliss-reactive ketones (excluding diaryl/α,β-unsaturated/α-hetero) is 2. The van der Waals surface area contributed by atoms with E-state index in [1.54, 1.807) is 0 Å². The molecule has 0 spiro atoms. The molecular formula is C29H48O5. The Kier molecular flexibility index (Phi) is 8.69. The SMILES string of the molecule is CC(=O)O[C@H]1CC[C@]2(C)C(=O)C(C3CC[C@H]([C@H](C)C(=O)CCC(C)C)[C@@]3(C)CCO)CC[C@H]2C1. The van der Waals surface area contributed by atoms with Crippen LogP contribution in [-0.4, -0.2) is 35.4 Å². The zero-order valence-corrected chi connectivity index (χ0v) is 22.4. The number of fused-ring (bicyclic) bond motifs is 1. The fourth-order valence-corrected chi connectivity index (χ4v) is 8.05. The summed E-state index contributed by atoms with van der Waals surface area (Å²) >= 11 is 0. The van der Waals surface area contributed by atoms with Gasteiger partial charge in [-0.25, -0.2) is 0 Å². The van der Waals surface area contributed by atoms with Crippen LogP contribution in [0.1, 0.15) is 106 Å². The van der Waals surface area contributed by atoms with E-state index < -0.39 is 0 Å². The van der Waals surface area contributed by atoms with E-state index in [0.717, 1.165) is 51.4 Å². The van der Waals surface area contributed by atoms with Crippen LogP contribution >= 0.6 is 0 Å². The van der Waals surface area contributed by atoms with Crippen LogP contribution in [0.15, 0.2) is 0 Å². The van der Waals surface area contributed by atoms with Gasteiger partial charge in [0, 0.05) is 37.2 Å². The Balaban J connectivity index is 1.77. The van der Waals surface area contributed by atoms with Gasteiger partial charge in [0.25, 0.3) is 0 Å². The van der Waals surface area contributed by atoms with Crippen molar-refractivity contribution in [1.29, 1.82) is 0 Å². The smallest absolute Gasteiger partial charge is 0.302 e. The van der Waals surface area contributed by atoms with Gasteiger partial charge in [-0.15, -0.1) is 0 Å². The maximum absolute atomic E-state index is 14.0. The van der Waals surface area contributed by atoms with Gasteiger partial charge in [-0.2, -0.15) is 0 Å². The van der Waals surface area contributed by atoms with E-state index in [2.05, 4.69) is 34.6 Å². The van der Waals surface area contributed by atoms with Crippen molar-refractivity contribution in [3.05, 3.63) is 0 Å². The quantitative estimate of drug-likeness (QED) is 0.428. The van der Waals surface area contributed by atoms with Gasteiger partial charge in [-0.3, -0.25) is 14.4 Å². The summed E-state index contributed by atoms with van der Waals surface area (Å²) in [7, 11) is 0. The normalized spacial score (nSPS) is 39.1. The number of aliphatic hydroxyl groups is 1. The predicted octanol–water partition coefficient (Wildman–Crippen LogP) is 5.76. The summed E-state index contributed by atoms with van der Waals surface area (Å²) in [5.74, 6) is 1.71. The molecule has 3 aliphatic rings. The second-order valence-electron chi connectivity index (χ2n) is 12.6. The highest BCUT2D eigenvalue weighted by atomic mass is 16.5. The lowest BCUT2D eigenvalue weighted by molar-refractivity contribution is -0.158. The zero-order valence-electron chi connectivity index (χ0n) is 22.4. The van der Waals surface area contributed by atoms with Gasteiger partial charge >= 0.3 is 5.97 Å². The van der Waals surface area contributed by atoms with Crippen molar-refractivity contribution >= 4 is 17.5 Å². The van der Waals surface area contributed by atoms with Crippen molar-refractivity contribution in [2.24, 2.45) is 46.3 Å². The molecule has 0 amide bonds. The highest BCUT2D eigenvalue weighted by Crippen LogP contribution is 2.60. The van der Waals surface area contributed by atoms with Crippen LogP contribution in [0.4, 0.5) is 0 Å². The van der Waals surface area contributed by atoms with Gasteiger partial charge in [-0.05, 0) is 86.9 Å². The molecule has 0 radical (unpaired) electrons. The first kappa shape index (κ1) is 27.4. The van der Waals surface area contributed by atoms with Gasteiger partial charge in [0.05, 0.1) is 0 Å². The molecule has 0 aromatic carbocycles. The van der Waals surface area contributed by atoms with Gasteiger partial charge in [-0.1, -0.05) is 34.6 Å². The van der Waals surface area contributed by atoms with E-state index in [1.165, 1.54) is 6.92 Å². The van der Waals surface area contributed by atoms with Crippen molar-refractivity contribution in [2.45, 2.75) is 112 Å². The molecule has 0 heterocycles. The van der Waals surface area contributed by atoms with Crippen LogP contribution in [0, 0.1) is 46.3 Å². The van der Waals surface area contributed by atoms with E-state index in [-0.39, 0.29) is 59.1 Å². The number of ether oxygens (including phenoxy) is 1. The number of rotatable bonds is 9. The van der Waals surface area contributed by atoms with Crippen molar-refractivity contribution in [1.82, 2.24) is 0 Å². The minimum absolute atomic E-state index is 0.00559. The van der Waals surface area contributed by atoms with E-state index in [1.807, 2.05) is 0 Å². The van der Waals surface area contributed by atoms with Crippen LogP contribution in [0.5, 0.6) is 0 Å². The van der Waals surface area contributed by atoms with Crippen LogP contribution in [0.3, 0.4) is 0 Å². The van der Waals surface area contributed by atoms with Crippen LogP contribution in [-0.2, 0) is 19.1 Å². The lowest BCUT2D eigenvalue weighted by atomic mass is 9.52.